The van der Waals surface area contributed by atoms with Crippen LogP contribution in [0.15, 0.2) is 28.7 Å². The maximum Gasteiger partial charge on any atom is 0.235 e. The molecule has 1 fully saturated rings. The Morgan fingerprint density at radius 3 is 2.52 bits per heavy atom. The molecule has 1 saturated heterocycles. The van der Waals surface area contributed by atoms with E-state index in [2.05, 4.69) is 23.0 Å². The molecule has 1 aliphatic rings. The summed E-state index contributed by atoms with van der Waals surface area (Å²) < 4.78 is 5.96. The number of rotatable bonds is 3. The van der Waals surface area contributed by atoms with Crippen LogP contribution in [0.1, 0.15) is 24.1 Å². The molecule has 2 aromatic rings. The van der Waals surface area contributed by atoms with E-state index in [-0.39, 0.29) is 0 Å². The third kappa shape index (κ3) is 3.22. The quantitative estimate of drug-likeness (QED) is 0.936. The molecular formula is C18H23N4O+. The first-order valence-electron chi connectivity index (χ1n) is 8.10. The normalized spacial score (nSPS) is 21.0. The van der Waals surface area contributed by atoms with E-state index in [1.807, 2.05) is 38.2 Å². The number of piperidine rings is 1. The highest BCUT2D eigenvalue weighted by molar-refractivity contribution is 5.59. The van der Waals surface area contributed by atoms with Gasteiger partial charge in [-0.05, 0) is 19.1 Å². The number of oxazole rings is 1. The van der Waals surface area contributed by atoms with Gasteiger partial charge in [-0.1, -0.05) is 17.7 Å². The van der Waals surface area contributed by atoms with Gasteiger partial charge < -0.3 is 14.2 Å². The molecule has 0 unspecified atom stereocenters. The Bertz CT molecular complexity index is 706. The van der Waals surface area contributed by atoms with Crippen molar-refractivity contribution in [1.82, 2.24) is 4.98 Å². The first-order valence-corrected chi connectivity index (χ1v) is 8.10. The number of likely N-dealkylation sites (tertiary alicyclic amines) is 1. The molecule has 0 saturated carbocycles. The van der Waals surface area contributed by atoms with Crippen molar-refractivity contribution in [3.05, 3.63) is 35.5 Å². The SMILES string of the molecule is Cc1ccc(-c2nc(C#N)c(N(C)C3CC[NH+](C)CC3)o2)cc1. The van der Waals surface area contributed by atoms with Crippen molar-refractivity contribution in [3.63, 3.8) is 0 Å². The van der Waals surface area contributed by atoms with Crippen LogP contribution in [-0.4, -0.2) is 38.2 Å². The lowest BCUT2D eigenvalue weighted by Crippen LogP contribution is -3.10. The number of nitrogens with one attached hydrogen (secondary N) is 1. The Hall–Kier alpha value is -2.32. The van der Waals surface area contributed by atoms with Crippen LogP contribution in [0.25, 0.3) is 11.5 Å². The number of hydrogen-bond acceptors (Lipinski definition) is 4. The molecule has 0 amide bonds. The van der Waals surface area contributed by atoms with Crippen molar-refractivity contribution in [2.75, 3.05) is 32.1 Å². The Morgan fingerprint density at radius 1 is 1.26 bits per heavy atom. The topological polar surface area (TPSA) is 57.5 Å². The summed E-state index contributed by atoms with van der Waals surface area (Å²) in [5, 5.41) is 9.41. The van der Waals surface area contributed by atoms with Gasteiger partial charge in [0.25, 0.3) is 0 Å². The van der Waals surface area contributed by atoms with Crippen LogP contribution >= 0.6 is 0 Å². The fourth-order valence-corrected chi connectivity index (χ4v) is 3.09. The number of benzene rings is 1. The first-order chi connectivity index (χ1) is 11.1. The highest BCUT2D eigenvalue weighted by Crippen LogP contribution is 2.29. The van der Waals surface area contributed by atoms with Gasteiger partial charge in [-0.2, -0.15) is 10.2 Å². The van der Waals surface area contributed by atoms with Crippen molar-refractivity contribution < 1.29 is 9.32 Å². The standard InChI is InChI=1S/C18H22N4O/c1-13-4-6-14(7-5-13)17-20-16(12-19)18(23-17)22(3)15-8-10-21(2)11-9-15/h4-7,15H,8-11H2,1-3H3/p+1. The van der Waals surface area contributed by atoms with E-state index in [9.17, 15) is 5.26 Å². The molecule has 0 spiro atoms. The molecule has 0 atom stereocenters. The van der Waals surface area contributed by atoms with Gasteiger partial charge in [-0.25, -0.2) is 0 Å². The number of anilines is 1. The van der Waals surface area contributed by atoms with Crippen LogP contribution in [0.2, 0.25) is 0 Å². The molecule has 1 aromatic heterocycles. The molecule has 5 nitrogen and oxygen atoms in total. The molecule has 5 heteroatoms. The number of quaternary nitrogens is 1. The van der Waals surface area contributed by atoms with Crippen LogP contribution in [0, 0.1) is 18.3 Å². The molecular weight excluding hydrogens is 288 g/mol. The zero-order valence-corrected chi connectivity index (χ0v) is 14.0. The maximum absolute atomic E-state index is 9.41. The predicted octanol–water partition coefficient (Wildman–Crippen LogP) is 1.63. The van der Waals surface area contributed by atoms with Crippen LogP contribution in [0.4, 0.5) is 5.88 Å². The van der Waals surface area contributed by atoms with E-state index < -0.39 is 0 Å². The minimum Gasteiger partial charge on any atom is -0.419 e. The third-order valence-corrected chi connectivity index (χ3v) is 4.69. The molecule has 0 radical (unpaired) electrons. The summed E-state index contributed by atoms with van der Waals surface area (Å²) in [6.45, 7) is 4.34. The Morgan fingerprint density at radius 2 is 1.91 bits per heavy atom. The molecule has 23 heavy (non-hydrogen) atoms. The molecule has 3 rings (SSSR count). The van der Waals surface area contributed by atoms with E-state index in [4.69, 9.17) is 4.42 Å². The van der Waals surface area contributed by atoms with Gasteiger partial charge in [0.2, 0.25) is 17.5 Å². The van der Waals surface area contributed by atoms with Crippen LogP contribution < -0.4 is 9.80 Å². The van der Waals surface area contributed by atoms with Crippen LogP contribution in [-0.2, 0) is 0 Å². The van der Waals surface area contributed by atoms with Crippen molar-refractivity contribution >= 4 is 5.88 Å². The van der Waals surface area contributed by atoms with Gasteiger partial charge >= 0.3 is 0 Å². The lowest BCUT2D eigenvalue weighted by Gasteiger charge is -2.32. The molecule has 1 aliphatic heterocycles. The van der Waals surface area contributed by atoms with E-state index in [0.717, 1.165) is 31.5 Å². The zero-order chi connectivity index (χ0) is 16.4. The fourth-order valence-electron chi connectivity index (χ4n) is 3.09. The lowest BCUT2D eigenvalue weighted by molar-refractivity contribution is -0.884. The molecule has 0 aliphatic carbocycles. The molecule has 2 heterocycles. The number of aryl methyl sites for hydroxylation is 1. The predicted molar refractivity (Wildman–Crippen MR) is 89.4 cm³/mol. The fraction of sp³-hybridized carbons (Fsp3) is 0.444. The summed E-state index contributed by atoms with van der Waals surface area (Å²) in [6.07, 6.45) is 2.21. The molecule has 0 bridgehead atoms. The van der Waals surface area contributed by atoms with Gasteiger partial charge in [0.1, 0.15) is 6.07 Å². The maximum atomic E-state index is 9.41. The van der Waals surface area contributed by atoms with Crippen molar-refractivity contribution in [2.45, 2.75) is 25.8 Å². The van der Waals surface area contributed by atoms with Gasteiger partial charge in [-0.3, -0.25) is 0 Å². The summed E-state index contributed by atoms with van der Waals surface area (Å²) in [6, 6.07) is 10.6. The van der Waals surface area contributed by atoms with E-state index in [0.29, 0.717) is 23.5 Å². The van der Waals surface area contributed by atoms with E-state index in [1.54, 1.807) is 4.90 Å². The second-order valence-electron chi connectivity index (χ2n) is 6.45. The van der Waals surface area contributed by atoms with Crippen LogP contribution in [0.5, 0.6) is 0 Å². The summed E-state index contributed by atoms with van der Waals surface area (Å²) >= 11 is 0. The van der Waals surface area contributed by atoms with Crippen molar-refractivity contribution in [3.8, 4) is 17.5 Å². The first kappa shape index (κ1) is 15.6. The number of nitrogens with zero attached hydrogens (tertiary/aromatic N) is 3. The number of hydrogen-bond donors (Lipinski definition) is 1. The molecule has 1 N–H and O–H groups in total. The average molecular weight is 311 g/mol. The Labute approximate surface area is 137 Å². The van der Waals surface area contributed by atoms with Gasteiger partial charge in [0.15, 0.2) is 0 Å². The van der Waals surface area contributed by atoms with Gasteiger partial charge in [0, 0.05) is 31.5 Å². The smallest absolute Gasteiger partial charge is 0.235 e. The molecule has 1 aromatic carbocycles. The minimum absolute atomic E-state index is 0.370. The van der Waals surface area contributed by atoms with Crippen molar-refractivity contribution in [2.24, 2.45) is 0 Å². The summed E-state index contributed by atoms with van der Waals surface area (Å²) in [5.41, 5.74) is 2.46. The minimum atomic E-state index is 0.370. The lowest BCUT2D eigenvalue weighted by atomic mass is 10.0. The number of nitriles is 1. The van der Waals surface area contributed by atoms with E-state index >= 15 is 0 Å². The summed E-state index contributed by atoms with van der Waals surface area (Å²) in [4.78, 5) is 8.04. The second kappa shape index (κ2) is 6.43. The van der Waals surface area contributed by atoms with Crippen LogP contribution in [0.3, 0.4) is 0 Å². The summed E-state index contributed by atoms with van der Waals surface area (Å²) in [5.74, 6) is 1.11. The Balaban J connectivity index is 1.87. The van der Waals surface area contributed by atoms with E-state index in [1.165, 1.54) is 5.56 Å². The summed E-state index contributed by atoms with van der Waals surface area (Å²) in [7, 11) is 4.23. The highest BCUT2D eigenvalue weighted by atomic mass is 16.4. The largest absolute Gasteiger partial charge is 0.419 e. The second-order valence-corrected chi connectivity index (χ2v) is 6.45. The van der Waals surface area contributed by atoms with Gasteiger partial charge in [0.05, 0.1) is 20.1 Å². The highest BCUT2D eigenvalue weighted by Gasteiger charge is 2.27. The van der Waals surface area contributed by atoms with Gasteiger partial charge in [-0.15, -0.1) is 0 Å². The Kier molecular flexibility index (Phi) is 4.35. The average Bonchev–Trinajstić information content (AvgIpc) is 3.00. The number of aromatic nitrogens is 1. The monoisotopic (exact) mass is 311 g/mol. The molecule has 120 valence electrons. The van der Waals surface area contributed by atoms with Crippen molar-refractivity contribution in [1.29, 1.82) is 5.26 Å². The zero-order valence-electron chi connectivity index (χ0n) is 14.0. The third-order valence-electron chi connectivity index (χ3n) is 4.69.